The summed E-state index contributed by atoms with van der Waals surface area (Å²) < 4.78 is 12.5. The molecule has 0 aliphatic carbocycles. The maximum Gasteiger partial charge on any atom is 0.291 e. The normalized spacial score (nSPS) is 15.0. The molecule has 0 N–H and O–H groups in total. The first-order chi connectivity index (χ1) is 16.1. The van der Waals surface area contributed by atoms with Crippen LogP contribution in [-0.2, 0) is 6.54 Å². The topological polar surface area (TPSA) is 59.8 Å². The average molecular weight is 502 g/mol. The molecule has 1 atom stereocenters. The zero-order chi connectivity index (χ0) is 22.9. The molecule has 1 aliphatic rings. The molecule has 33 heavy (non-hydrogen) atoms. The second kappa shape index (κ2) is 8.71. The van der Waals surface area contributed by atoms with E-state index in [1.165, 1.54) is 0 Å². The summed E-state index contributed by atoms with van der Waals surface area (Å²) in [5.74, 6) is 0.423. The molecular formula is C27H20BrNO4. The second-order valence-electron chi connectivity index (χ2n) is 7.81. The Morgan fingerprint density at radius 1 is 1.03 bits per heavy atom. The lowest BCUT2D eigenvalue weighted by molar-refractivity contribution is 0.0714. The fourth-order valence-corrected chi connectivity index (χ4v) is 4.57. The van der Waals surface area contributed by atoms with Gasteiger partial charge in [0, 0.05) is 11.0 Å². The van der Waals surface area contributed by atoms with Crippen molar-refractivity contribution in [3.05, 3.63) is 123 Å². The third-order valence-electron chi connectivity index (χ3n) is 5.67. The monoisotopic (exact) mass is 501 g/mol. The largest absolute Gasteiger partial charge is 0.490 e. The zero-order valence-electron chi connectivity index (χ0n) is 17.7. The highest BCUT2D eigenvalue weighted by Crippen LogP contribution is 2.40. The Hall–Kier alpha value is -3.64. The molecule has 2 heterocycles. The maximum absolute atomic E-state index is 13.7. The first-order valence-corrected chi connectivity index (χ1v) is 11.3. The molecule has 1 unspecified atom stereocenters. The van der Waals surface area contributed by atoms with Crippen LogP contribution in [0.5, 0.6) is 5.75 Å². The number of hydrogen-bond acceptors (Lipinski definition) is 4. The summed E-state index contributed by atoms with van der Waals surface area (Å²) in [6.07, 6.45) is 1.67. The highest BCUT2D eigenvalue weighted by molar-refractivity contribution is 9.10. The third-order valence-corrected chi connectivity index (χ3v) is 6.16. The molecule has 3 aromatic carbocycles. The number of halogens is 1. The van der Waals surface area contributed by atoms with Gasteiger partial charge in [-0.1, -0.05) is 71.0 Å². The predicted molar refractivity (Wildman–Crippen MR) is 130 cm³/mol. The lowest BCUT2D eigenvalue weighted by atomic mass is 9.98. The van der Waals surface area contributed by atoms with Gasteiger partial charge in [-0.05, 0) is 41.5 Å². The lowest BCUT2D eigenvalue weighted by Gasteiger charge is -2.25. The summed E-state index contributed by atoms with van der Waals surface area (Å²) in [4.78, 5) is 28.9. The van der Waals surface area contributed by atoms with Crippen molar-refractivity contribution in [2.75, 3.05) is 6.61 Å². The number of carbonyl (C=O) groups is 1. The average Bonchev–Trinajstić information content (AvgIpc) is 3.11. The van der Waals surface area contributed by atoms with Gasteiger partial charge in [0.1, 0.15) is 17.9 Å². The number of fused-ring (bicyclic) bond motifs is 2. The summed E-state index contributed by atoms with van der Waals surface area (Å²) in [5.41, 5.74) is 2.27. The second-order valence-corrected chi connectivity index (χ2v) is 8.72. The minimum Gasteiger partial charge on any atom is -0.490 e. The summed E-state index contributed by atoms with van der Waals surface area (Å²) in [6.45, 7) is 4.38. The number of carbonyl (C=O) groups excluding carboxylic acids is 1. The fraction of sp³-hybridized carbons (Fsp3) is 0.111. The van der Waals surface area contributed by atoms with E-state index in [1.54, 1.807) is 29.2 Å². The van der Waals surface area contributed by atoms with Crippen molar-refractivity contribution in [2.45, 2.75) is 12.6 Å². The molecule has 164 valence electrons. The van der Waals surface area contributed by atoms with Crippen LogP contribution in [0.4, 0.5) is 0 Å². The quantitative estimate of drug-likeness (QED) is 0.310. The van der Waals surface area contributed by atoms with Gasteiger partial charge < -0.3 is 14.1 Å². The van der Waals surface area contributed by atoms with Crippen LogP contribution in [0.15, 0.2) is 99.1 Å². The number of hydrogen-bond donors (Lipinski definition) is 0. The van der Waals surface area contributed by atoms with E-state index in [2.05, 4.69) is 22.5 Å². The van der Waals surface area contributed by atoms with E-state index in [1.807, 2.05) is 54.6 Å². The molecule has 1 aromatic heterocycles. The van der Waals surface area contributed by atoms with E-state index < -0.39 is 6.04 Å². The van der Waals surface area contributed by atoms with Crippen LogP contribution < -0.4 is 10.2 Å². The maximum atomic E-state index is 13.7. The fourth-order valence-electron chi connectivity index (χ4n) is 4.21. The van der Waals surface area contributed by atoms with E-state index in [4.69, 9.17) is 9.15 Å². The lowest BCUT2D eigenvalue weighted by Crippen LogP contribution is -2.29. The predicted octanol–water partition coefficient (Wildman–Crippen LogP) is 5.87. The van der Waals surface area contributed by atoms with Gasteiger partial charge in [-0.15, -0.1) is 0 Å². The van der Waals surface area contributed by atoms with Crippen LogP contribution in [-0.4, -0.2) is 17.4 Å². The van der Waals surface area contributed by atoms with Crippen LogP contribution in [0.2, 0.25) is 0 Å². The molecule has 1 amide bonds. The van der Waals surface area contributed by atoms with E-state index in [-0.39, 0.29) is 17.1 Å². The van der Waals surface area contributed by atoms with Gasteiger partial charge >= 0.3 is 0 Å². The van der Waals surface area contributed by atoms with Crippen LogP contribution in [0.3, 0.4) is 0 Å². The minimum atomic E-state index is -0.598. The molecule has 0 spiro atoms. The Morgan fingerprint density at radius 3 is 2.64 bits per heavy atom. The Bertz CT molecular complexity index is 1430. The highest BCUT2D eigenvalue weighted by atomic mass is 79.9. The number of amides is 1. The van der Waals surface area contributed by atoms with E-state index >= 15 is 0 Å². The zero-order valence-corrected chi connectivity index (χ0v) is 19.2. The molecule has 0 radical (unpaired) electrons. The Labute approximate surface area is 199 Å². The van der Waals surface area contributed by atoms with Crippen molar-refractivity contribution in [3.63, 3.8) is 0 Å². The van der Waals surface area contributed by atoms with Gasteiger partial charge in [0.2, 0.25) is 5.76 Å². The first-order valence-electron chi connectivity index (χ1n) is 10.5. The first kappa shape index (κ1) is 21.2. The van der Waals surface area contributed by atoms with E-state index in [0.29, 0.717) is 35.4 Å². The molecule has 4 aromatic rings. The SMILES string of the molecule is C=CCOc1cccc(C2c3c(oc4ccc(Br)cc4c3=O)C(=O)N2Cc2ccccc2)c1. The Balaban J connectivity index is 1.70. The van der Waals surface area contributed by atoms with Crippen molar-refractivity contribution in [3.8, 4) is 5.75 Å². The van der Waals surface area contributed by atoms with Gasteiger partial charge in [-0.2, -0.15) is 0 Å². The van der Waals surface area contributed by atoms with Gasteiger partial charge in [0.05, 0.1) is 17.0 Å². The summed E-state index contributed by atoms with van der Waals surface area (Å²) in [7, 11) is 0. The van der Waals surface area contributed by atoms with Gasteiger partial charge in [0.25, 0.3) is 5.91 Å². The van der Waals surface area contributed by atoms with Crippen molar-refractivity contribution < 1.29 is 13.9 Å². The van der Waals surface area contributed by atoms with Crippen molar-refractivity contribution in [1.29, 1.82) is 0 Å². The van der Waals surface area contributed by atoms with Crippen LogP contribution >= 0.6 is 15.9 Å². The molecule has 5 rings (SSSR count). The van der Waals surface area contributed by atoms with Gasteiger partial charge in [-0.3, -0.25) is 9.59 Å². The molecule has 0 bridgehead atoms. The molecule has 0 saturated heterocycles. The molecule has 6 heteroatoms. The summed E-state index contributed by atoms with van der Waals surface area (Å²) in [5, 5.41) is 0.432. The van der Waals surface area contributed by atoms with Crippen LogP contribution in [0.25, 0.3) is 11.0 Å². The smallest absolute Gasteiger partial charge is 0.291 e. The van der Waals surface area contributed by atoms with Crippen LogP contribution in [0, 0.1) is 0 Å². The van der Waals surface area contributed by atoms with Crippen LogP contribution in [0.1, 0.15) is 33.3 Å². The summed E-state index contributed by atoms with van der Waals surface area (Å²) in [6, 6.07) is 21.8. The number of nitrogens with zero attached hydrogens (tertiary/aromatic N) is 1. The van der Waals surface area contributed by atoms with Crippen molar-refractivity contribution in [2.24, 2.45) is 0 Å². The molecule has 0 fully saturated rings. The Kier molecular flexibility index (Phi) is 5.60. The van der Waals surface area contributed by atoms with Gasteiger partial charge in [-0.25, -0.2) is 0 Å². The molecular weight excluding hydrogens is 482 g/mol. The van der Waals surface area contributed by atoms with E-state index in [0.717, 1.165) is 15.6 Å². The van der Waals surface area contributed by atoms with E-state index in [9.17, 15) is 9.59 Å². The number of rotatable bonds is 6. The number of benzene rings is 3. The standard InChI is InChI=1S/C27H20BrNO4/c1-2-13-32-20-10-6-9-18(14-20)24-23-25(30)21-15-19(28)11-12-22(21)33-26(23)27(31)29(24)16-17-7-4-3-5-8-17/h2-12,14-15,24H,1,13,16H2. The minimum absolute atomic E-state index is 0.0909. The highest BCUT2D eigenvalue weighted by Gasteiger charge is 2.42. The van der Waals surface area contributed by atoms with Crippen molar-refractivity contribution in [1.82, 2.24) is 4.90 Å². The molecule has 1 aliphatic heterocycles. The summed E-state index contributed by atoms with van der Waals surface area (Å²) >= 11 is 3.43. The third kappa shape index (κ3) is 3.87. The molecule has 0 saturated carbocycles. The Morgan fingerprint density at radius 2 is 1.85 bits per heavy atom. The van der Waals surface area contributed by atoms with Crippen molar-refractivity contribution >= 4 is 32.8 Å². The number of ether oxygens (including phenoxy) is 1. The van der Waals surface area contributed by atoms with Gasteiger partial charge in [0.15, 0.2) is 5.43 Å². The molecule has 5 nitrogen and oxygen atoms in total.